The fourth-order valence-corrected chi connectivity index (χ4v) is 3.70. The van der Waals surface area contributed by atoms with Gasteiger partial charge in [-0.05, 0) is 36.4 Å². The van der Waals surface area contributed by atoms with Gasteiger partial charge < -0.3 is 4.57 Å². The summed E-state index contributed by atoms with van der Waals surface area (Å²) in [6.45, 7) is 0.314. The lowest BCUT2D eigenvalue weighted by atomic mass is 10.1. The number of aromatic nitrogens is 3. The van der Waals surface area contributed by atoms with Gasteiger partial charge in [0.2, 0.25) is 0 Å². The zero-order valence-corrected chi connectivity index (χ0v) is 16.0. The van der Waals surface area contributed by atoms with Gasteiger partial charge in [-0.15, -0.1) is 0 Å². The van der Waals surface area contributed by atoms with Crippen molar-refractivity contribution in [3.8, 4) is 16.9 Å². The zero-order chi connectivity index (χ0) is 20.0. The van der Waals surface area contributed by atoms with Gasteiger partial charge in [-0.2, -0.15) is 9.78 Å². The largest absolute Gasteiger partial charge is 0.342 e. The maximum Gasteiger partial charge on any atom is 0.282 e. The molecule has 142 valence electrons. The van der Waals surface area contributed by atoms with E-state index in [0.29, 0.717) is 34.1 Å². The van der Waals surface area contributed by atoms with Gasteiger partial charge in [-0.1, -0.05) is 48.0 Å². The molecule has 2 aliphatic rings. The highest BCUT2D eigenvalue weighted by Crippen LogP contribution is 2.29. The summed E-state index contributed by atoms with van der Waals surface area (Å²) >= 11 is 5.96. The van der Waals surface area contributed by atoms with Gasteiger partial charge in [0.25, 0.3) is 5.56 Å². The van der Waals surface area contributed by atoms with E-state index in [9.17, 15) is 9.18 Å². The Kier molecular flexibility index (Phi) is 4.18. The fourth-order valence-electron chi connectivity index (χ4n) is 3.58. The third kappa shape index (κ3) is 3.00. The Morgan fingerprint density at radius 3 is 2.45 bits per heavy atom. The average Bonchev–Trinajstić information content (AvgIpc) is 3.07. The second-order valence-corrected chi connectivity index (χ2v) is 7.26. The molecular weight excluding hydrogens is 389 g/mol. The Labute approximate surface area is 170 Å². The van der Waals surface area contributed by atoms with Gasteiger partial charge >= 0.3 is 0 Å². The summed E-state index contributed by atoms with van der Waals surface area (Å²) in [7, 11) is 0. The number of hydrogen-bond donors (Lipinski definition) is 0. The molecule has 0 aromatic heterocycles. The lowest BCUT2D eigenvalue weighted by Gasteiger charge is -2.14. The molecule has 4 nitrogen and oxygen atoms in total. The maximum absolute atomic E-state index is 14.2. The van der Waals surface area contributed by atoms with Crippen molar-refractivity contribution in [1.29, 1.82) is 0 Å². The zero-order valence-electron chi connectivity index (χ0n) is 15.2. The Morgan fingerprint density at radius 1 is 0.931 bits per heavy atom. The second kappa shape index (κ2) is 6.87. The number of rotatable bonds is 3. The van der Waals surface area contributed by atoms with E-state index >= 15 is 0 Å². The summed E-state index contributed by atoms with van der Waals surface area (Å²) in [5.41, 5.74) is 2.94. The Balaban J connectivity index is 1.76. The maximum atomic E-state index is 14.2. The minimum Gasteiger partial charge on any atom is -0.342 e. The van der Waals surface area contributed by atoms with E-state index in [4.69, 9.17) is 11.6 Å². The fraction of sp³-hybridized carbons (Fsp3) is 0.0435. The second-order valence-electron chi connectivity index (χ2n) is 6.82. The Hall–Kier alpha value is -3.44. The molecule has 0 saturated carbocycles. The van der Waals surface area contributed by atoms with Crippen molar-refractivity contribution in [3.05, 3.63) is 106 Å². The van der Waals surface area contributed by atoms with E-state index in [-0.39, 0.29) is 11.4 Å². The third-order valence-corrected chi connectivity index (χ3v) is 5.25. The smallest absolute Gasteiger partial charge is 0.282 e. The van der Waals surface area contributed by atoms with Crippen LogP contribution in [-0.2, 0) is 6.54 Å². The van der Waals surface area contributed by atoms with E-state index in [1.807, 2.05) is 28.8 Å². The summed E-state index contributed by atoms with van der Waals surface area (Å²) in [6.07, 6.45) is 1.76. The number of fused-ring (bicyclic) bond motifs is 3. The Morgan fingerprint density at radius 2 is 1.66 bits per heavy atom. The van der Waals surface area contributed by atoms with Crippen LogP contribution in [0.3, 0.4) is 0 Å². The number of para-hydroxylation sites is 1. The lowest BCUT2D eigenvalue weighted by Crippen LogP contribution is -2.15. The summed E-state index contributed by atoms with van der Waals surface area (Å²) in [4.78, 5) is 13.1. The predicted molar refractivity (Wildman–Crippen MR) is 112 cm³/mol. The topological polar surface area (TPSA) is 39.8 Å². The quantitative estimate of drug-likeness (QED) is 0.419. The van der Waals surface area contributed by atoms with Gasteiger partial charge in [0, 0.05) is 22.2 Å². The van der Waals surface area contributed by atoms with Crippen LogP contribution in [0.25, 0.3) is 27.8 Å². The van der Waals surface area contributed by atoms with E-state index in [0.717, 1.165) is 10.9 Å². The molecule has 0 spiro atoms. The van der Waals surface area contributed by atoms with Gasteiger partial charge in [0.15, 0.2) is 0 Å². The van der Waals surface area contributed by atoms with Crippen molar-refractivity contribution >= 4 is 22.5 Å². The highest BCUT2D eigenvalue weighted by molar-refractivity contribution is 6.30. The van der Waals surface area contributed by atoms with E-state index in [2.05, 4.69) is 5.10 Å². The summed E-state index contributed by atoms with van der Waals surface area (Å²) in [5, 5.41) is 6.01. The summed E-state index contributed by atoms with van der Waals surface area (Å²) < 4.78 is 17.5. The van der Waals surface area contributed by atoms with E-state index in [1.54, 1.807) is 48.7 Å². The van der Waals surface area contributed by atoms with Gasteiger partial charge in [0.1, 0.15) is 11.5 Å². The standard InChI is InChI=1S/C23H15ClFN3O/c24-16-9-11-17(12-10-16)28-23(29)19-14-27(13-15-5-1-3-7-20(15)25)21-8-4-2-6-18(21)22(19)26-28/h1-12,14H,13H2. The molecule has 0 radical (unpaired) electrons. The minimum absolute atomic E-state index is 0.227. The molecule has 6 heteroatoms. The first-order valence-corrected chi connectivity index (χ1v) is 9.50. The molecule has 5 rings (SSSR count). The highest BCUT2D eigenvalue weighted by Gasteiger charge is 2.21. The van der Waals surface area contributed by atoms with Crippen LogP contribution < -0.4 is 5.56 Å². The van der Waals surface area contributed by atoms with Crippen molar-refractivity contribution in [2.24, 2.45) is 0 Å². The molecule has 0 N–H and O–H groups in total. The first kappa shape index (κ1) is 17.6. The van der Waals surface area contributed by atoms with E-state index < -0.39 is 0 Å². The normalized spacial score (nSPS) is 11.4. The van der Waals surface area contributed by atoms with E-state index in [1.165, 1.54) is 10.7 Å². The van der Waals surface area contributed by atoms with Crippen LogP contribution in [0.2, 0.25) is 5.02 Å². The first-order valence-electron chi connectivity index (χ1n) is 9.12. The van der Waals surface area contributed by atoms with Crippen LogP contribution in [0.1, 0.15) is 5.56 Å². The molecule has 29 heavy (non-hydrogen) atoms. The van der Waals surface area contributed by atoms with Crippen LogP contribution in [0.4, 0.5) is 4.39 Å². The molecule has 3 aromatic carbocycles. The first-order chi connectivity index (χ1) is 14.1. The molecule has 0 aliphatic carbocycles. The molecule has 0 saturated heterocycles. The van der Waals surface area contributed by atoms with Crippen molar-refractivity contribution in [2.75, 3.05) is 0 Å². The predicted octanol–water partition coefficient (Wildman–Crippen LogP) is 5.13. The van der Waals surface area contributed by atoms with Gasteiger partial charge in [-0.3, -0.25) is 4.79 Å². The molecule has 2 aliphatic heterocycles. The van der Waals surface area contributed by atoms with Crippen molar-refractivity contribution in [2.45, 2.75) is 6.54 Å². The van der Waals surface area contributed by atoms with Crippen LogP contribution in [0.15, 0.2) is 83.8 Å². The molecule has 0 bridgehead atoms. The summed E-state index contributed by atoms with van der Waals surface area (Å²) in [5.74, 6) is -0.275. The van der Waals surface area contributed by atoms with Crippen LogP contribution >= 0.6 is 11.6 Å². The molecule has 2 heterocycles. The number of pyridine rings is 1. The van der Waals surface area contributed by atoms with Crippen LogP contribution in [0.5, 0.6) is 0 Å². The van der Waals surface area contributed by atoms with Crippen molar-refractivity contribution in [3.63, 3.8) is 0 Å². The van der Waals surface area contributed by atoms with Gasteiger partial charge in [-0.25, -0.2) is 4.39 Å². The summed E-state index contributed by atoms with van der Waals surface area (Å²) in [6, 6.07) is 21.3. The molecule has 0 fully saturated rings. The number of hydrogen-bond acceptors (Lipinski definition) is 2. The molecule has 0 amide bonds. The molecule has 0 atom stereocenters. The van der Waals surface area contributed by atoms with Crippen molar-refractivity contribution in [1.82, 2.24) is 14.3 Å². The number of nitrogens with zero attached hydrogens (tertiary/aromatic N) is 3. The number of benzene rings is 3. The molecule has 3 aromatic rings. The minimum atomic E-state index is -0.275. The monoisotopic (exact) mass is 403 g/mol. The molecular formula is C23H15ClFN3O. The molecule has 0 unspecified atom stereocenters. The lowest BCUT2D eigenvalue weighted by molar-refractivity contribution is 0.601. The third-order valence-electron chi connectivity index (χ3n) is 5.00. The van der Waals surface area contributed by atoms with Crippen LogP contribution in [-0.4, -0.2) is 14.3 Å². The number of halogens is 2. The van der Waals surface area contributed by atoms with Crippen molar-refractivity contribution < 1.29 is 4.39 Å². The highest BCUT2D eigenvalue weighted by atomic mass is 35.5. The van der Waals surface area contributed by atoms with Crippen LogP contribution in [0, 0.1) is 5.82 Å². The SMILES string of the molecule is O=c1c2cn(Cc3ccccc3F)c3ccccc3c-2nn1-c1ccc(Cl)cc1. The van der Waals surface area contributed by atoms with Gasteiger partial charge in [0.05, 0.1) is 23.3 Å². The Bertz CT molecular complexity index is 1370. The average molecular weight is 404 g/mol.